The van der Waals surface area contributed by atoms with Gasteiger partial charge in [-0.15, -0.1) is 0 Å². The van der Waals surface area contributed by atoms with Crippen LogP contribution in [0.2, 0.25) is 0 Å². The molecular weight excluding hydrogens is 532 g/mol. The van der Waals surface area contributed by atoms with Crippen LogP contribution in [0.25, 0.3) is 0 Å². The van der Waals surface area contributed by atoms with Crippen LogP contribution in [-0.4, -0.2) is 61.9 Å². The number of nitrogens with zero attached hydrogens (tertiary/aromatic N) is 1. The van der Waals surface area contributed by atoms with Crippen molar-refractivity contribution in [2.24, 2.45) is 5.11 Å². The van der Waals surface area contributed by atoms with E-state index in [0.29, 0.717) is 29.8 Å². The molecule has 0 fully saturated rings. The van der Waals surface area contributed by atoms with Gasteiger partial charge in [0.15, 0.2) is 15.6 Å². The molecule has 0 radical (unpaired) electrons. The number of amides is 1. The number of sulfone groups is 1. The lowest BCUT2D eigenvalue weighted by molar-refractivity contribution is -0.0411. The molecule has 40 heavy (non-hydrogen) atoms. The average Bonchev–Trinajstić information content (AvgIpc) is 2.90. The molecule has 0 saturated carbocycles. The molecule has 0 saturated heterocycles. The molecule has 10 nitrogen and oxygen atoms in total. The zero-order chi connectivity index (χ0) is 30.0. The Morgan fingerprint density at radius 3 is 2.20 bits per heavy atom. The largest absolute Gasteiger partial charge is 0.395 e. The number of rotatable bonds is 16. The zero-order valence-corrected chi connectivity index (χ0v) is 24.6. The monoisotopic (exact) mass is 572 g/mol. The molecule has 0 heterocycles. The van der Waals surface area contributed by atoms with Crippen molar-refractivity contribution in [3.63, 3.8) is 0 Å². The minimum atomic E-state index is -3.58. The van der Waals surface area contributed by atoms with Gasteiger partial charge < -0.3 is 20.5 Å². The Morgan fingerprint density at radius 1 is 1.02 bits per heavy atom. The predicted molar refractivity (Wildman–Crippen MR) is 153 cm³/mol. The van der Waals surface area contributed by atoms with Crippen LogP contribution < -0.4 is 10.6 Å². The maximum Gasteiger partial charge on any atom is 0.251 e. The molecule has 1 amide bonds. The first-order valence-electron chi connectivity index (χ1n) is 13.0. The SMILES string of the molecule is Cc1ccc(S(=O)(=O)CCC(=O)c2ccc(C(=O)NC(C)(C)COC(C)(C)C/C(=C/NCCO)N=N)cc2)cc1. The number of ketones is 1. The van der Waals surface area contributed by atoms with E-state index in [1.54, 1.807) is 18.3 Å². The third-order valence-corrected chi connectivity index (χ3v) is 7.73. The highest BCUT2D eigenvalue weighted by atomic mass is 32.2. The molecule has 0 spiro atoms. The molecule has 218 valence electrons. The van der Waals surface area contributed by atoms with Gasteiger partial charge in [0.05, 0.1) is 40.7 Å². The molecule has 2 aromatic carbocycles. The van der Waals surface area contributed by atoms with Crippen LogP contribution in [0.3, 0.4) is 0 Å². The zero-order valence-electron chi connectivity index (χ0n) is 23.8. The van der Waals surface area contributed by atoms with E-state index in [4.69, 9.17) is 15.4 Å². The molecule has 0 unspecified atom stereocenters. The summed E-state index contributed by atoms with van der Waals surface area (Å²) in [5, 5.41) is 18.2. The first kappa shape index (κ1) is 32.8. The van der Waals surface area contributed by atoms with Gasteiger partial charge in [-0.1, -0.05) is 29.8 Å². The summed E-state index contributed by atoms with van der Waals surface area (Å²) in [6, 6.07) is 12.6. The second-order valence-corrected chi connectivity index (χ2v) is 13.0. The van der Waals surface area contributed by atoms with Gasteiger partial charge in [-0.05, 0) is 58.9 Å². The number of aliphatic hydroxyl groups is 1. The Kier molecular flexibility index (Phi) is 11.7. The van der Waals surface area contributed by atoms with Crippen molar-refractivity contribution in [2.75, 3.05) is 25.5 Å². The van der Waals surface area contributed by atoms with Crippen LogP contribution in [0.5, 0.6) is 0 Å². The van der Waals surface area contributed by atoms with E-state index < -0.39 is 21.0 Å². The predicted octanol–water partition coefficient (Wildman–Crippen LogP) is 4.19. The summed E-state index contributed by atoms with van der Waals surface area (Å²) in [7, 11) is -3.58. The Bertz CT molecular complexity index is 1300. The summed E-state index contributed by atoms with van der Waals surface area (Å²) in [5.41, 5.74) is 8.03. The van der Waals surface area contributed by atoms with E-state index in [-0.39, 0.29) is 42.0 Å². The molecule has 2 aromatic rings. The van der Waals surface area contributed by atoms with Crippen molar-refractivity contribution in [2.45, 2.75) is 63.5 Å². The number of Topliss-reactive ketones (excluding diaryl/α,β-unsaturated/α-hetero) is 1. The van der Waals surface area contributed by atoms with Gasteiger partial charge in [0.2, 0.25) is 0 Å². The lowest BCUT2D eigenvalue weighted by atomic mass is 10.0. The van der Waals surface area contributed by atoms with Gasteiger partial charge >= 0.3 is 0 Å². The highest BCUT2D eigenvalue weighted by molar-refractivity contribution is 7.91. The van der Waals surface area contributed by atoms with Gasteiger partial charge in [0.1, 0.15) is 0 Å². The maximum atomic E-state index is 12.9. The normalized spacial score (nSPS) is 12.6. The van der Waals surface area contributed by atoms with Crippen LogP contribution >= 0.6 is 0 Å². The summed E-state index contributed by atoms with van der Waals surface area (Å²) in [6.45, 7) is 9.73. The van der Waals surface area contributed by atoms with E-state index in [9.17, 15) is 18.0 Å². The number of nitrogens with one attached hydrogen (secondary N) is 3. The minimum Gasteiger partial charge on any atom is -0.395 e. The summed E-state index contributed by atoms with van der Waals surface area (Å²) < 4.78 is 31.1. The van der Waals surface area contributed by atoms with Crippen LogP contribution in [0, 0.1) is 12.5 Å². The molecule has 0 aliphatic carbocycles. The van der Waals surface area contributed by atoms with Crippen molar-refractivity contribution < 1.29 is 27.9 Å². The first-order valence-corrected chi connectivity index (χ1v) is 14.6. The summed E-state index contributed by atoms with van der Waals surface area (Å²) in [6.07, 6.45) is 1.75. The van der Waals surface area contributed by atoms with Crippen molar-refractivity contribution in [1.29, 1.82) is 5.53 Å². The summed E-state index contributed by atoms with van der Waals surface area (Å²) in [4.78, 5) is 25.7. The van der Waals surface area contributed by atoms with Crippen molar-refractivity contribution in [3.8, 4) is 0 Å². The lowest BCUT2D eigenvalue weighted by Crippen LogP contribution is -2.48. The molecule has 0 aliphatic heterocycles. The topological polar surface area (TPSA) is 158 Å². The smallest absolute Gasteiger partial charge is 0.251 e. The fourth-order valence-corrected chi connectivity index (χ4v) is 4.94. The molecule has 0 aromatic heterocycles. The first-order chi connectivity index (χ1) is 18.7. The van der Waals surface area contributed by atoms with Gasteiger partial charge in [-0.25, -0.2) is 13.9 Å². The van der Waals surface area contributed by atoms with E-state index in [2.05, 4.69) is 15.7 Å². The van der Waals surface area contributed by atoms with Gasteiger partial charge in [-0.3, -0.25) is 9.59 Å². The van der Waals surface area contributed by atoms with Crippen LogP contribution in [0.1, 0.15) is 66.8 Å². The number of hydrogen-bond donors (Lipinski definition) is 4. The standard InChI is InChI=1S/C29H40N4O6S/c1-21-6-12-25(13-7-21)40(37,38)17-14-26(35)22-8-10-23(11-9-22)27(36)32-28(2,3)20-39-29(4,5)18-24(33-30)19-31-15-16-34/h6-13,19,30-31,34H,14-18,20H2,1-5H3,(H,32,36)/b24-19-,33-30?. The number of carbonyl (C=O) groups excluding carboxylic acids is 2. The molecule has 0 bridgehead atoms. The lowest BCUT2D eigenvalue weighted by Gasteiger charge is -2.32. The Morgan fingerprint density at radius 2 is 1.62 bits per heavy atom. The highest BCUT2D eigenvalue weighted by Gasteiger charge is 2.28. The van der Waals surface area contributed by atoms with Crippen LogP contribution in [0.4, 0.5) is 0 Å². The Balaban J connectivity index is 1.92. The second-order valence-electron chi connectivity index (χ2n) is 10.9. The van der Waals surface area contributed by atoms with Gasteiger partial charge in [0.25, 0.3) is 5.91 Å². The second kappa shape index (κ2) is 14.3. The molecule has 0 atom stereocenters. The van der Waals surface area contributed by atoms with E-state index in [1.807, 2.05) is 34.6 Å². The Labute approximate surface area is 236 Å². The number of carbonyl (C=O) groups is 2. The fraction of sp³-hybridized carbons (Fsp3) is 0.448. The quantitative estimate of drug-likeness (QED) is 0.133. The summed E-state index contributed by atoms with van der Waals surface area (Å²) >= 11 is 0. The molecule has 4 N–H and O–H groups in total. The van der Waals surface area contributed by atoms with Crippen LogP contribution in [-0.2, 0) is 14.6 Å². The third-order valence-electron chi connectivity index (χ3n) is 6.00. The fourth-order valence-electron chi connectivity index (χ4n) is 3.70. The maximum absolute atomic E-state index is 12.9. The minimum absolute atomic E-state index is 0.0343. The van der Waals surface area contributed by atoms with Crippen LogP contribution in [0.15, 0.2) is 70.4 Å². The molecule has 11 heteroatoms. The molecule has 2 rings (SSSR count). The number of aliphatic hydroxyl groups excluding tert-OH is 1. The molecular formula is C29H40N4O6S. The van der Waals surface area contributed by atoms with E-state index >= 15 is 0 Å². The summed E-state index contributed by atoms with van der Waals surface area (Å²) in [5.74, 6) is -0.964. The molecule has 0 aliphatic rings. The van der Waals surface area contributed by atoms with Crippen molar-refractivity contribution >= 4 is 21.5 Å². The van der Waals surface area contributed by atoms with Gasteiger partial charge in [-0.2, -0.15) is 5.11 Å². The average molecular weight is 573 g/mol. The number of aryl methyl sites for hydroxylation is 1. The van der Waals surface area contributed by atoms with E-state index in [1.165, 1.54) is 36.4 Å². The van der Waals surface area contributed by atoms with Crippen molar-refractivity contribution in [1.82, 2.24) is 10.6 Å². The van der Waals surface area contributed by atoms with E-state index in [0.717, 1.165) is 5.56 Å². The van der Waals surface area contributed by atoms with Crippen molar-refractivity contribution in [3.05, 3.63) is 77.1 Å². The number of hydrogen-bond acceptors (Lipinski definition) is 9. The third kappa shape index (κ3) is 10.6. The Hall–Kier alpha value is -3.41. The van der Waals surface area contributed by atoms with Gasteiger partial charge in [0, 0.05) is 36.7 Å². The highest BCUT2D eigenvalue weighted by Crippen LogP contribution is 2.23. The number of benzene rings is 2. The number of ether oxygens (including phenoxy) is 1.